The van der Waals surface area contributed by atoms with E-state index in [0.29, 0.717) is 36.5 Å². The highest BCUT2D eigenvalue weighted by atomic mass is 16.6. The van der Waals surface area contributed by atoms with Crippen LogP contribution in [0.1, 0.15) is 25.3 Å². The van der Waals surface area contributed by atoms with Crippen LogP contribution >= 0.6 is 0 Å². The van der Waals surface area contributed by atoms with Gasteiger partial charge in [-0.25, -0.2) is 0 Å². The van der Waals surface area contributed by atoms with Crippen molar-refractivity contribution in [3.8, 4) is 17.2 Å². The second-order valence-electron chi connectivity index (χ2n) is 5.44. The van der Waals surface area contributed by atoms with Gasteiger partial charge in [-0.1, -0.05) is 0 Å². The van der Waals surface area contributed by atoms with E-state index < -0.39 is 0 Å². The molecule has 1 aliphatic carbocycles. The highest BCUT2D eigenvalue weighted by molar-refractivity contribution is 5.92. The Morgan fingerprint density at radius 2 is 2.14 bits per heavy atom. The summed E-state index contributed by atoms with van der Waals surface area (Å²) in [6, 6.07) is 4.15. The van der Waals surface area contributed by atoms with E-state index >= 15 is 0 Å². The van der Waals surface area contributed by atoms with Crippen LogP contribution in [0.2, 0.25) is 0 Å². The number of amides is 1. The van der Waals surface area contributed by atoms with Gasteiger partial charge in [0, 0.05) is 18.7 Å². The second-order valence-corrected chi connectivity index (χ2v) is 5.44. The molecule has 1 aromatic carbocycles. The van der Waals surface area contributed by atoms with Crippen LogP contribution in [0.3, 0.4) is 0 Å². The van der Waals surface area contributed by atoms with Gasteiger partial charge in [0.2, 0.25) is 11.7 Å². The molecular formula is C17H21NO4. The van der Waals surface area contributed by atoms with Crippen LogP contribution in [0.25, 0.3) is 6.08 Å². The number of hydrogen-bond donors (Lipinski definition) is 0. The van der Waals surface area contributed by atoms with Crippen molar-refractivity contribution >= 4 is 12.0 Å². The van der Waals surface area contributed by atoms with Gasteiger partial charge in [-0.05, 0) is 43.5 Å². The number of ether oxygens (including phenoxy) is 3. The van der Waals surface area contributed by atoms with E-state index in [1.165, 1.54) is 0 Å². The summed E-state index contributed by atoms with van der Waals surface area (Å²) >= 11 is 0. The summed E-state index contributed by atoms with van der Waals surface area (Å²) in [4.78, 5) is 14.1. The van der Waals surface area contributed by atoms with E-state index in [1.54, 1.807) is 19.3 Å². The number of fused-ring (bicyclic) bond motifs is 1. The van der Waals surface area contributed by atoms with Crippen LogP contribution in [-0.2, 0) is 4.79 Å². The Hall–Kier alpha value is -2.17. The predicted octanol–water partition coefficient (Wildman–Crippen LogP) is 2.49. The molecule has 1 aliphatic heterocycles. The van der Waals surface area contributed by atoms with E-state index in [0.717, 1.165) is 24.9 Å². The average molecular weight is 303 g/mol. The van der Waals surface area contributed by atoms with Gasteiger partial charge < -0.3 is 19.1 Å². The van der Waals surface area contributed by atoms with Crippen molar-refractivity contribution in [1.82, 2.24) is 4.90 Å². The van der Waals surface area contributed by atoms with E-state index in [2.05, 4.69) is 0 Å². The average Bonchev–Trinajstić information content (AvgIpc) is 3.37. The van der Waals surface area contributed by atoms with Crippen molar-refractivity contribution in [2.45, 2.75) is 25.8 Å². The van der Waals surface area contributed by atoms with Gasteiger partial charge in [0.25, 0.3) is 0 Å². The van der Waals surface area contributed by atoms with E-state index in [4.69, 9.17) is 14.2 Å². The fraction of sp³-hybridized carbons (Fsp3) is 0.471. The van der Waals surface area contributed by atoms with Crippen molar-refractivity contribution in [1.29, 1.82) is 0 Å². The van der Waals surface area contributed by atoms with Crippen molar-refractivity contribution in [2.24, 2.45) is 0 Å². The zero-order valence-corrected chi connectivity index (χ0v) is 13.0. The number of carbonyl (C=O) groups is 1. The molecule has 5 nitrogen and oxygen atoms in total. The third-order valence-electron chi connectivity index (χ3n) is 3.88. The monoisotopic (exact) mass is 303 g/mol. The topological polar surface area (TPSA) is 48.0 Å². The minimum Gasteiger partial charge on any atom is -0.493 e. The molecular weight excluding hydrogens is 282 g/mol. The second kappa shape index (κ2) is 6.30. The molecule has 0 unspecified atom stereocenters. The Kier molecular flexibility index (Phi) is 4.22. The molecule has 0 aromatic heterocycles. The Labute approximate surface area is 130 Å². The number of hydrogen-bond acceptors (Lipinski definition) is 4. The molecule has 1 saturated carbocycles. The highest BCUT2D eigenvalue weighted by Gasteiger charge is 2.30. The molecule has 0 radical (unpaired) electrons. The third kappa shape index (κ3) is 3.03. The summed E-state index contributed by atoms with van der Waals surface area (Å²) in [7, 11) is 1.60. The van der Waals surface area contributed by atoms with Crippen LogP contribution in [-0.4, -0.2) is 43.7 Å². The Morgan fingerprint density at radius 3 is 2.82 bits per heavy atom. The zero-order valence-electron chi connectivity index (χ0n) is 13.0. The summed E-state index contributed by atoms with van der Waals surface area (Å²) < 4.78 is 16.5. The molecule has 118 valence electrons. The molecule has 0 N–H and O–H groups in total. The molecule has 0 atom stereocenters. The van der Waals surface area contributed by atoms with Crippen molar-refractivity contribution in [2.75, 3.05) is 26.9 Å². The van der Waals surface area contributed by atoms with Gasteiger partial charge in [-0.3, -0.25) is 4.79 Å². The van der Waals surface area contributed by atoms with Crippen molar-refractivity contribution < 1.29 is 19.0 Å². The molecule has 3 rings (SSSR count). The molecule has 0 spiro atoms. The lowest BCUT2D eigenvalue weighted by molar-refractivity contribution is -0.126. The SMILES string of the molecule is CCN(C(=O)C=Cc1cc(OC)c2c(c1)OCCO2)C1CC1. The number of methoxy groups -OCH3 is 1. The minimum atomic E-state index is 0.0545. The maximum Gasteiger partial charge on any atom is 0.246 e. The Morgan fingerprint density at radius 1 is 1.36 bits per heavy atom. The maximum atomic E-state index is 12.2. The molecule has 1 fully saturated rings. The van der Waals surface area contributed by atoms with Crippen LogP contribution in [0, 0.1) is 0 Å². The summed E-state index contributed by atoms with van der Waals surface area (Å²) in [5, 5.41) is 0. The third-order valence-corrected chi connectivity index (χ3v) is 3.88. The predicted molar refractivity (Wildman–Crippen MR) is 83.4 cm³/mol. The first-order valence-corrected chi connectivity index (χ1v) is 7.69. The number of benzene rings is 1. The summed E-state index contributed by atoms with van der Waals surface area (Å²) in [6.07, 6.45) is 5.65. The van der Waals surface area contributed by atoms with Crippen LogP contribution in [0.15, 0.2) is 18.2 Å². The maximum absolute atomic E-state index is 12.2. The number of nitrogens with zero attached hydrogens (tertiary/aromatic N) is 1. The quantitative estimate of drug-likeness (QED) is 0.784. The fourth-order valence-corrected chi connectivity index (χ4v) is 2.63. The molecule has 1 aromatic rings. The summed E-state index contributed by atoms with van der Waals surface area (Å²) in [6.45, 7) is 3.80. The molecule has 2 aliphatic rings. The largest absolute Gasteiger partial charge is 0.493 e. The number of likely N-dealkylation sites (N-methyl/N-ethyl adjacent to an activating group) is 1. The van der Waals surface area contributed by atoms with Gasteiger partial charge >= 0.3 is 0 Å². The van der Waals surface area contributed by atoms with Crippen molar-refractivity contribution in [3.63, 3.8) is 0 Å². The lowest BCUT2D eigenvalue weighted by Crippen LogP contribution is -2.31. The highest BCUT2D eigenvalue weighted by Crippen LogP contribution is 2.40. The van der Waals surface area contributed by atoms with E-state index in [9.17, 15) is 4.79 Å². The van der Waals surface area contributed by atoms with Gasteiger partial charge in [0.05, 0.1) is 7.11 Å². The molecule has 0 saturated heterocycles. The summed E-state index contributed by atoms with van der Waals surface area (Å²) in [5.41, 5.74) is 0.862. The minimum absolute atomic E-state index is 0.0545. The lowest BCUT2D eigenvalue weighted by atomic mass is 10.1. The zero-order chi connectivity index (χ0) is 15.5. The van der Waals surface area contributed by atoms with Gasteiger partial charge in [-0.2, -0.15) is 0 Å². The summed E-state index contributed by atoms with van der Waals surface area (Å²) in [5.74, 6) is 1.97. The fourth-order valence-electron chi connectivity index (χ4n) is 2.63. The molecule has 5 heteroatoms. The van der Waals surface area contributed by atoms with E-state index in [1.807, 2.05) is 24.0 Å². The Bertz CT molecular complexity index is 575. The first-order chi connectivity index (χ1) is 10.7. The molecule has 1 amide bonds. The number of rotatable bonds is 5. The van der Waals surface area contributed by atoms with Gasteiger partial charge in [-0.15, -0.1) is 0 Å². The van der Waals surface area contributed by atoms with Crippen molar-refractivity contribution in [3.05, 3.63) is 23.8 Å². The lowest BCUT2D eigenvalue weighted by Gasteiger charge is -2.21. The van der Waals surface area contributed by atoms with Crippen LogP contribution in [0.4, 0.5) is 0 Å². The van der Waals surface area contributed by atoms with Crippen LogP contribution < -0.4 is 14.2 Å². The molecule has 1 heterocycles. The van der Waals surface area contributed by atoms with Gasteiger partial charge in [0.15, 0.2) is 11.5 Å². The van der Waals surface area contributed by atoms with Crippen LogP contribution in [0.5, 0.6) is 17.2 Å². The number of carbonyl (C=O) groups excluding carboxylic acids is 1. The Balaban J connectivity index is 1.79. The molecule has 0 bridgehead atoms. The normalized spacial score (nSPS) is 16.6. The standard InChI is InChI=1S/C17H21NO4/c1-3-18(13-5-6-13)16(19)7-4-12-10-14(20-2)17-15(11-12)21-8-9-22-17/h4,7,10-11,13H,3,5-6,8-9H2,1-2H3. The molecule has 22 heavy (non-hydrogen) atoms. The first-order valence-electron chi connectivity index (χ1n) is 7.69. The van der Waals surface area contributed by atoms with Gasteiger partial charge in [0.1, 0.15) is 13.2 Å². The van der Waals surface area contributed by atoms with E-state index in [-0.39, 0.29) is 5.91 Å². The first kappa shape index (κ1) is 14.8. The smallest absolute Gasteiger partial charge is 0.246 e.